The molecule has 0 spiro atoms. The number of carbonyl (C=O) groups is 1. The monoisotopic (exact) mass is 273 g/mol. The van der Waals surface area contributed by atoms with Gasteiger partial charge in [-0.05, 0) is 36.1 Å². The maximum atomic E-state index is 10.8. The van der Waals surface area contributed by atoms with Crippen LogP contribution in [0.1, 0.15) is 41.3 Å². The first-order chi connectivity index (χ1) is 9.65. The SMILES string of the molecule is CCc1cccc(CC)c1NCc1ccc(C(=O)O)o1. The summed E-state index contributed by atoms with van der Waals surface area (Å²) in [7, 11) is 0. The Kier molecular flexibility index (Phi) is 4.45. The van der Waals surface area contributed by atoms with Crippen molar-refractivity contribution in [3.05, 3.63) is 53.0 Å². The lowest BCUT2D eigenvalue weighted by atomic mass is 10.0. The molecule has 2 N–H and O–H groups in total. The summed E-state index contributed by atoms with van der Waals surface area (Å²) in [5.41, 5.74) is 3.65. The van der Waals surface area contributed by atoms with Crippen LogP contribution in [0, 0.1) is 0 Å². The largest absolute Gasteiger partial charge is 0.475 e. The predicted octanol–water partition coefficient (Wildman–Crippen LogP) is 3.71. The summed E-state index contributed by atoms with van der Waals surface area (Å²) in [4.78, 5) is 10.8. The maximum Gasteiger partial charge on any atom is 0.371 e. The average Bonchev–Trinajstić information content (AvgIpc) is 2.93. The Morgan fingerprint density at radius 2 is 1.80 bits per heavy atom. The van der Waals surface area contributed by atoms with Crippen LogP contribution in [0.2, 0.25) is 0 Å². The average molecular weight is 273 g/mol. The zero-order chi connectivity index (χ0) is 14.5. The number of benzene rings is 1. The normalized spacial score (nSPS) is 10.5. The van der Waals surface area contributed by atoms with E-state index < -0.39 is 5.97 Å². The molecule has 4 nitrogen and oxygen atoms in total. The number of nitrogens with one attached hydrogen (secondary N) is 1. The number of carboxylic acid groups (broad SMARTS) is 1. The van der Waals surface area contributed by atoms with Crippen LogP contribution in [0.5, 0.6) is 0 Å². The molecule has 4 heteroatoms. The van der Waals surface area contributed by atoms with Gasteiger partial charge in [-0.3, -0.25) is 0 Å². The van der Waals surface area contributed by atoms with Crippen LogP contribution in [-0.4, -0.2) is 11.1 Å². The van der Waals surface area contributed by atoms with Crippen molar-refractivity contribution in [3.8, 4) is 0 Å². The molecule has 2 aromatic rings. The number of furan rings is 1. The number of rotatable bonds is 6. The van der Waals surface area contributed by atoms with Gasteiger partial charge < -0.3 is 14.8 Å². The van der Waals surface area contributed by atoms with Crippen molar-refractivity contribution in [2.75, 3.05) is 5.32 Å². The molecule has 2 rings (SSSR count). The lowest BCUT2D eigenvalue weighted by Crippen LogP contribution is -2.04. The highest BCUT2D eigenvalue weighted by molar-refractivity contribution is 5.84. The van der Waals surface area contributed by atoms with Gasteiger partial charge in [0, 0.05) is 5.69 Å². The van der Waals surface area contributed by atoms with E-state index in [9.17, 15) is 4.79 Å². The van der Waals surface area contributed by atoms with Crippen LogP contribution in [0.15, 0.2) is 34.7 Å². The number of hydrogen-bond donors (Lipinski definition) is 2. The topological polar surface area (TPSA) is 62.5 Å². The first-order valence-corrected chi connectivity index (χ1v) is 6.82. The van der Waals surface area contributed by atoms with Crippen molar-refractivity contribution >= 4 is 11.7 Å². The van der Waals surface area contributed by atoms with Crippen molar-refractivity contribution < 1.29 is 14.3 Å². The second-order valence-corrected chi connectivity index (χ2v) is 4.58. The predicted molar refractivity (Wildman–Crippen MR) is 78.2 cm³/mol. The van der Waals surface area contributed by atoms with Crippen LogP contribution >= 0.6 is 0 Å². The second kappa shape index (κ2) is 6.28. The molecule has 0 fully saturated rings. The Balaban J connectivity index is 2.15. The minimum Gasteiger partial charge on any atom is -0.475 e. The van der Waals surface area contributed by atoms with Gasteiger partial charge in [0.25, 0.3) is 0 Å². The first-order valence-electron chi connectivity index (χ1n) is 6.82. The van der Waals surface area contributed by atoms with Crippen molar-refractivity contribution in [2.24, 2.45) is 0 Å². The molecule has 20 heavy (non-hydrogen) atoms. The summed E-state index contributed by atoms with van der Waals surface area (Å²) >= 11 is 0. The molecule has 0 radical (unpaired) electrons. The van der Waals surface area contributed by atoms with Gasteiger partial charge in [-0.25, -0.2) is 4.79 Å². The third-order valence-corrected chi connectivity index (χ3v) is 3.31. The van der Waals surface area contributed by atoms with Gasteiger partial charge in [0.1, 0.15) is 5.76 Å². The third-order valence-electron chi connectivity index (χ3n) is 3.31. The fraction of sp³-hybridized carbons (Fsp3) is 0.312. The summed E-state index contributed by atoms with van der Waals surface area (Å²) in [6.07, 6.45) is 1.91. The molecule has 1 heterocycles. The van der Waals surface area contributed by atoms with Gasteiger partial charge in [0.2, 0.25) is 5.76 Å². The lowest BCUT2D eigenvalue weighted by molar-refractivity contribution is 0.0660. The third kappa shape index (κ3) is 3.02. The summed E-state index contributed by atoms with van der Waals surface area (Å²) < 4.78 is 5.25. The number of anilines is 1. The van der Waals surface area contributed by atoms with Gasteiger partial charge >= 0.3 is 5.97 Å². The van der Waals surface area contributed by atoms with E-state index in [1.54, 1.807) is 6.07 Å². The molecular weight excluding hydrogens is 254 g/mol. The number of aromatic carboxylic acids is 1. The van der Waals surface area contributed by atoms with Crippen LogP contribution < -0.4 is 5.32 Å². The molecule has 0 atom stereocenters. The van der Waals surface area contributed by atoms with Crippen LogP contribution in [0.4, 0.5) is 5.69 Å². The van der Waals surface area contributed by atoms with E-state index in [1.165, 1.54) is 17.2 Å². The molecule has 0 bridgehead atoms. The standard InChI is InChI=1S/C16H19NO3/c1-3-11-6-5-7-12(4-2)15(11)17-10-13-8-9-14(20-13)16(18)19/h5-9,17H,3-4,10H2,1-2H3,(H,18,19). The Labute approximate surface area is 118 Å². The minimum absolute atomic E-state index is 0.0266. The van der Waals surface area contributed by atoms with Crippen molar-refractivity contribution in [1.29, 1.82) is 0 Å². The van der Waals surface area contributed by atoms with E-state index in [0.717, 1.165) is 18.5 Å². The highest BCUT2D eigenvalue weighted by atomic mass is 16.4. The number of para-hydroxylation sites is 1. The molecule has 0 aliphatic heterocycles. The molecule has 0 saturated heterocycles. The van der Waals surface area contributed by atoms with Gasteiger partial charge in [-0.2, -0.15) is 0 Å². The van der Waals surface area contributed by atoms with E-state index in [-0.39, 0.29) is 5.76 Å². The highest BCUT2D eigenvalue weighted by Crippen LogP contribution is 2.23. The quantitative estimate of drug-likeness (QED) is 0.842. The second-order valence-electron chi connectivity index (χ2n) is 4.58. The smallest absolute Gasteiger partial charge is 0.371 e. The van der Waals surface area contributed by atoms with E-state index in [2.05, 4.69) is 37.4 Å². The first kappa shape index (κ1) is 14.2. The molecule has 1 aromatic carbocycles. The van der Waals surface area contributed by atoms with Crippen molar-refractivity contribution in [1.82, 2.24) is 0 Å². The van der Waals surface area contributed by atoms with E-state index >= 15 is 0 Å². The van der Waals surface area contributed by atoms with E-state index in [0.29, 0.717) is 12.3 Å². The van der Waals surface area contributed by atoms with E-state index in [4.69, 9.17) is 9.52 Å². The number of hydrogen-bond acceptors (Lipinski definition) is 3. The fourth-order valence-electron chi connectivity index (χ4n) is 2.23. The molecule has 106 valence electrons. The van der Waals surface area contributed by atoms with Gasteiger partial charge in [-0.15, -0.1) is 0 Å². The zero-order valence-corrected chi connectivity index (χ0v) is 11.8. The molecule has 0 aliphatic carbocycles. The molecule has 1 aromatic heterocycles. The maximum absolute atomic E-state index is 10.8. The van der Waals surface area contributed by atoms with Gasteiger partial charge in [-0.1, -0.05) is 32.0 Å². The summed E-state index contributed by atoms with van der Waals surface area (Å²) in [5.74, 6) is -0.448. The Morgan fingerprint density at radius 1 is 1.15 bits per heavy atom. The fourth-order valence-corrected chi connectivity index (χ4v) is 2.23. The molecule has 0 amide bonds. The number of carboxylic acids is 1. The Hall–Kier alpha value is -2.23. The van der Waals surface area contributed by atoms with Gasteiger partial charge in [0.05, 0.1) is 6.54 Å². The molecular formula is C16H19NO3. The van der Waals surface area contributed by atoms with Crippen LogP contribution in [0.3, 0.4) is 0 Å². The van der Waals surface area contributed by atoms with Crippen LogP contribution in [-0.2, 0) is 19.4 Å². The van der Waals surface area contributed by atoms with Crippen molar-refractivity contribution in [3.63, 3.8) is 0 Å². The lowest BCUT2D eigenvalue weighted by Gasteiger charge is -2.14. The Morgan fingerprint density at radius 3 is 2.30 bits per heavy atom. The summed E-state index contributed by atoms with van der Waals surface area (Å²) in [5, 5.41) is 12.2. The minimum atomic E-state index is -1.04. The highest BCUT2D eigenvalue weighted by Gasteiger charge is 2.10. The zero-order valence-electron chi connectivity index (χ0n) is 11.8. The molecule has 0 aliphatic rings. The van der Waals surface area contributed by atoms with Crippen LogP contribution in [0.25, 0.3) is 0 Å². The molecule has 0 saturated carbocycles. The number of aryl methyl sites for hydroxylation is 2. The summed E-state index contributed by atoms with van der Waals surface area (Å²) in [6.45, 7) is 4.72. The van der Waals surface area contributed by atoms with E-state index in [1.807, 2.05) is 0 Å². The van der Waals surface area contributed by atoms with Gasteiger partial charge in [0.15, 0.2) is 0 Å². The summed E-state index contributed by atoms with van der Waals surface area (Å²) in [6, 6.07) is 9.44. The molecule has 0 unspecified atom stereocenters. The van der Waals surface area contributed by atoms with Crippen molar-refractivity contribution in [2.45, 2.75) is 33.2 Å². The Bertz CT molecular complexity index is 579.